The molecule has 118 valence electrons. The molecular formula is C15H30N2O3. The Labute approximate surface area is 122 Å². The fraction of sp³-hybridized carbons (Fsp3) is 0.933. The van der Waals surface area contributed by atoms with Gasteiger partial charge in [-0.1, -0.05) is 26.2 Å². The quantitative estimate of drug-likeness (QED) is 0.646. The van der Waals surface area contributed by atoms with E-state index in [2.05, 4.69) is 5.32 Å². The van der Waals surface area contributed by atoms with Gasteiger partial charge in [0.25, 0.3) is 0 Å². The second-order valence-corrected chi connectivity index (χ2v) is 6.56. The lowest BCUT2D eigenvalue weighted by Gasteiger charge is -2.34. The molecule has 5 nitrogen and oxygen atoms in total. The summed E-state index contributed by atoms with van der Waals surface area (Å²) in [5, 5.41) is 21.8. The molecule has 0 saturated heterocycles. The summed E-state index contributed by atoms with van der Waals surface area (Å²) < 4.78 is 0. The first-order valence-electron chi connectivity index (χ1n) is 7.64. The van der Waals surface area contributed by atoms with Crippen LogP contribution in [0, 0.1) is 5.41 Å². The molecule has 5 heteroatoms. The molecule has 1 aliphatic carbocycles. The molecule has 20 heavy (non-hydrogen) atoms. The Bertz CT molecular complexity index is 299. The van der Waals surface area contributed by atoms with E-state index in [0.29, 0.717) is 12.6 Å². The summed E-state index contributed by atoms with van der Waals surface area (Å²) in [7, 11) is 1.86. The lowest BCUT2D eigenvalue weighted by atomic mass is 9.92. The molecule has 0 bridgehead atoms. The fourth-order valence-electron chi connectivity index (χ4n) is 2.66. The predicted octanol–water partition coefficient (Wildman–Crippen LogP) is 0.746. The van der Waals surface area contributed by atoms with Crippen LogP contribution < -0.4 is 5.32 Å². The first-order valence-corrected chi connectivity index (χ1v) is 7.64. The summed E-state index contributed by atoms with van der Waals surface area (Å²) in [4.78, 5) is 14.1. The van der Waals surface area contributed by atoms with Crippen molar-refractivity contribution >= 4 is 5.91 Å². The topological polar surface area (TPSA) is 72.8 Å². The molecule has 0 aromatic carbocycles. The van der Waals surface area contributed by atoms with Gasteiger partial charge in [-0.3, -0.25) is 9.69 Å². The van der Waals surface area contributed by atoms with Gasteiger partial charge in [0.15, 0.2) is 0 Å². The normalized spacial score (nSPS) is 19.1. The SMILES string of the molecule is CC(C(=O)NC1CCCCC1)N(C)CC(C)(CO)CO. The number of nitrogens with zero attached hydrogens (tertiary/aromatic N) is 1. The van der Waals surface area contributed by atoms with Gasteiger partial charge in [-0.05, 0) is 26.8 Å². The second kappa shape index (κ2) is 7.96. The third kappa shape index (κ3) is 5.04. The van der Waals surface area contributed by atoms with Gasteiger partial charge in [0.1, 0.15) is 0 Å². The summed E-state index contributed by atoms with van der Waals surface area (Å²) in [6.07, 6.45) is 5.82. The summed E-state index contributed by atoms with van der Waals surface area (Å²) >= 11 is 0. The average molecular weight is 286 g/mol. The average Bonchev–Trinajstić information content (AvgIpc) is 2.47. The summed E-state index contributed by atoms with van der Waals surface area (Å²) in [5.41, 5.74) is -0.575. The predicted molar refractivity (Wildman–Crippen MR) is 79.4 cm³/mol. The highest BCUT2D eigenvalue weighted by molar-refractivity contribution is 5.81. The van der Waals surface area contributed by atoms with E-state index in [9.17, 15) is 15.0 Å². The van der Waals surface area contributed by atoms with Crippen molar-refractivity contribution in [2.45, 2.75) is 58.0 Å². The van der Waals surface area contributed by atoms with E-state index in [-0.39, 0.29) is 25.2 Å². The molecular weight excluding hydrogens is 256 g/mol. The number of rotatable bonds is 7. The lowest BCUT2D eigenvalue weighted by Crippen LogP contribution is -2.50. The van der Waals surface area contributed by atoms with E-state index in [0.717, 1.165) is 12.8 Å². The van der Waals surface area contributed by atoms with Crippen LogP contribution in [-0.4, -0.2) is 59.9 Å². The number of aliphatic hydroxyl groups excluding tert-OH is 2. The Morgan fingerprint density at radius 3 is 2.35 bits per heavy atom. The van der Waals surface area contributed by atoms with Gasteiger partial charge < -0.3 is 15.5 Å². The van der Waals surface area contributed by atoms with E-state index in [1.54, 1.807) is 0 Å². The number of carbonyl (C=O) groups excluding carboxylic acids is 1. The van der Waals surface area contributed by atoms with Gasteiger partial charge in [-0.2, -0.15) is 0 Å². The maximum absolute atomic E-state index is 12.2. The molecule has 0 spiro atoms. The van der Waals surface area contributed by atoms with Crippen LogP contribution in [0.1, 0.15) is 46.0 Å². The number of amides is 1. The highest BCUT2D eigenvalue weighted by Crippen LogP contribution is 2.19. The van der Waals surface area contributed by atoms with Crippen molar-refractivity contribution in [3.63, 3.8) is 0 Å². The minimum atomic E-state index is -0.575. The standard InChI is InChI=1S/C15H30N2O3/c1-12(17(3)9-15(2,10-18)11-19)14(20)16-13-7-5-4-6-8-13/h12-13,18-19H,4-11H2,1-3H3,(H,16,20). The van der Waals surface area contributed by atoms with Gasteiger partial charge in [-0.15, -0.1) is 0 Å². The van der Waals surface area contributed by atoms with E-state index in [1.807, 2.05) is 25.8 Å². The maximum atomic E-state index is 12.2. The summed E-state index contributed by atoms with van der Waals surface area (Å²) in [6.45, 7) is 3.98. The van der Waals surface area contributed by atoms with Crippen LogP contribution in [0.5, 0.6) is 0 Å². The van der Waals surface area contributed by atoms with Crippen molar-refractivity contribution in [2.24, 2.45) is 5.41 Å². The van der Waals surface area contributed by atoms with Gasteiger partial charge in [-0.25, -0.2) is 0 Å². The lowest BCUT2D eigenvalue weighted by molar-refractivity contribution is -0.127. The van der Waals surface area contributed by atoms with Gasteiger partial charge in [0, 0.05) is 18.0 Å². The van der Waals surface area contributed by atoms with Gasteiger partial charge >= 0.3 is 0 Å². The second-order valence-electron chi connectivity index (χ2n) is 6.56. The number of nitrogens with one attached hydrogen (secondary N) is 1. The van der Waals surface area contributed by atoms with Crippen LogP contribution in [0.15, 0.2) is 0 Å². The van der Waals surface area contributed by atoms with Crippen LogP contribution in [0.2, 0.25) is 0 Å². The van der Waals surface area contributed by atoms with Crippen molar-refractivity contribution in [2.75, 3.05) is 26.8 Å². The Kier molecular flexibility index (Phi) is 6.92. The molecule has 1 aliphatic rings. The van der Waals surface area contributed by atoms with Crippen LogP contribution in [0.4, 0.5) is 0 Å². The third-order valence-electron chi connectivity index (χ3n) is 4.39. The number of hydrogen-bond acceptors (Lipinski definition) is 4. The van der Waals surface area contributed by atoms with Crippen LogP contribution in [0.3, 0.4) is 0 Å². The number of aliphatic hydroxyl groups is 2. The Morgan fingerprint density at radius 1 is 1.30 bits per heavy atom. The summed E-state index contributed by atoms with van der Waals surface area (Å²) in [5.74, 6) is 0.0395. The largest absolute Gasteiger partial charge is 0.396 e. The maximum Gasteiger partial charge on any atom is 0.237 e. The van der Waals surface area contributed by atoms with Crippen LogP contribution in [0.25, 0.3) is 0 Å². The molecule has 0 aromatic heterocycles. The van der Waals surface area contributed by atoms with E-state index >= 15 is 0 Å². The van der Waals surface area contributed by atoms with Crippen LogP contribution >= 0.6 is 0 Å². The molecule has 3 N–H and O–H groups in total. The molecule has 0 radical (unpaired) electrons. The Balaban J connectivity index is 2.46. The van der Waals surface area contributed by atoms with Crippen molar-refractivity contribution in [3.8, 4) is 0 Å². The van der Waals surface area contributed by atoms with Gasteiger partial charge in [0.05, 0.1) is 19.3 Å². The van der Waals surface area contributed by atoms with Crippen molar-refractivity contribution in [1.82, 2.24) is 10.2 Å². The number of carbonyl (C=O) groups is 1. The monoisotopic (exact) mass is 286 g/mol. The minimum Gasteiger partial charge on any atom is -0.396 e. The molecule has 1 amide bonds. The zero-order valence-electron chi connectivity index (χ0n) is 13.1. The number of hydrogen-bond donors (Lipinski definition) is 3. The zero-order valence-corrected chi connectivity index (χ0v) is 13.1. The number of likely N-dealkylation sites (N-methyl/N-ethyl adjacent to an activating group) is 1. The molecule has 1 atom stereocenters. The Hall–Kier alpha value is -0.650. The molecule has 0 aliphatic heterocycles. The molecule has 1 saturated carbocycles. The van der Waals surface area contributed by atoms with Crippen molar-refractivity contribution in [3.05, 3.63) is 0 Å². The molecule has 0 aromatic rings. The van der Waals surface area contributed by atoms with Crippen molar-refractivity contribution < 1.29 is 15.0 Å². The highest BCUT2D eigenvalue weighted by Gasteiger charge is 2.29. The fourth-order valence-corrected chi connectivity index (χ4v) is 2.66. The molecule has 1 fully saturated rings. The third-order valence-corrected chi connectivity index (χ3v) is 4.39. The molecule has 1 rings (SSSR count). The van der Waals surface area contributed by atoms with E-state index in [1.165, 1.54) is 19.3 Å². The summed E-state index contributed by atoms with van der Waals surface area (Å²) in [6, 6.07) is 0.0588. The Morgan fingerprint density at radius 2 is 1.85 bits per heavy atom. The van der Waals surface area contributed by atoms with E-state index < -0.39 is 5.41 Å². The van der Waals surface area contributed by atoms with Gasteiger partial charge in [0.2, 0.25) is 5.91 Å². The van der Waals surface area contributed by atoms with Crippen molar-refractivity contribution in [1.29, 1.82) is 0 Å². The minimum absolute atomic E-state index is 0.0395. The zero-order chi connectivity index (χ0) is 15.2. The van der Waals surface area contributed by atoms with E-state index in [4.69, 9.17) is 0 Å². The highest BCUT2D eigenvalue weighted by atomic mass is 16.3. The first-order chi connectivity index (χ1) is 9.41. The first kappa shape index (κ1) is 17.4. The van der Waals surface area contributed by atoms with Crippen LogP contribution in [-0.2, 0) is 4.79 Å². The molecule has 1 unspecified atom stereocenters. The smallest absolute Gasteiger partial charge is 0.237 e. The molecule has 0 heterocycles.